The topological polar surface area (TPSA) is 93.1 Å². The molecule has 0 amide bonds. The Morgan fingerprint density at radius 3 is 1.61 bits per heavy atom. The predicted molar refractivity (Wildman–Crippen MR) is 106 cm³/mol. The Labute approximate surface area is 165 Å². The summed E-state index contributed by atoms with van der Waals surface area (Å²) >= 11 is 0. The average molecular weight is 407 g/mol. The zero-order valence-corrected chi connectivity index (χ0v) is 17.0. The summed E-state index contributed by atoms with van der Waals surface area (Å²) in [6, 6.07) is 14.0. The number of hydrogen-bond acceptors (Lipinski definition) is 5. The van der Waals surface area contributed by atoms with Crippen LogP contribution in [0.1, 0.15) is 24.5 Å². The quantitative estimate of drug-likeness (QED) is 0.651. The lowest BCUT2D eigenvalue weighted by Crippen LogP contribution is -2.41. The van der Waals surface area contributed by atoms with E-state index in [1.807, 2.05) is 0 Å². The van der Waals surface area contributed by atoms with E-state index in [0.717, 1.165) is 11.1 Å². The monoisotopic (exact) mass is 407 g/mol. The fourth-order valence-electron chi connectivity index (χ4n) is 2.80. The third-order valence-electron chi connectivity index (χ3n) is 4.40. The molecule has 152 valence electrons. The molecule has 28 heavy (non-hydrogen) atoms. The number of methoxy groups -OCH3 is 2. The van der Waals surface area contributed by atoms with Gasteiger partial charge >= 0.3 is 5.97 Å². The molecule has 0 fully saturated rings. The molecule has 0 aliphatic rings. The van der Waals surface area contributed by atoms with Crippen LogP contribution in [0, 0.1) is 0 Å². The van der Waals surface area contributed by atoms with Crippen molar-refractivity contribution in [1.29, 1.82) is 0 Å². The summed E-state index contributed by atoms with van der Waals surface area (Å²) < 4.78 is 37.6. The van der Waals surface area contributed by atoms with Crippen LogP contribution >= 0.6 is 0 Å². The maximum atomic E-state index is 13.1. The third-order valence-corrected chi connectivity index (χ3v) is 6.63. The van der Waals surface area contributed by atoms with Gasteiger partial charge in [0.2, 0.25) is 10.0 Å². The summed E-state index contributed by atoms with van der Waals surface area (Å²) in [4.78, 5) is 11.5. The second kappa shape index (κ2) is 9.57. The van der Waals surface area contributed by atoms with Gasteiger partial charge in [-0.3, -0.25) is 4.79 Å². The van der Waals surface area contributed by atoms with Crippen LogP contribution in [0.25, 0.3) is 0 Å². The molecule has 0 aromatic heterocycles. The Bertz CT molecular complexity index is 828. The fraction of sp³-hybridized carbons (Fsp3) is 0.350. The van der Waals surface area contributed by atoms with Crippen LogP contribution in [0.5, 0.6) is 11.5 Å². The summed E-state index contributed by atoms with van der Waals surface area (Å²) in [6.07, 6.45) is -0.0145. The van der Waals surface area contributed by atoms with Crippen molar-refractivity contribution in [1.82, 2.24) is 4.31 Å². The predicted octanol–water partition coefficient (Wildman–Crippen LogP) is 2.90. The second-order valence-corrected chi connectivity index (χ2v) is 8.36. The number of hydrogen-bond donors (Lipinski definition) is 1. The first-order chi connectivity index (χ1) is 13.3. The Morgan fingerprint density at radius 2 is 1.32 bits per heavy atom. The summed E-state index contributed by atoms with van der Waals surface area (Å²) in [5.41, 5.74) is 1.47. The van der Waals surface area contributed by atoms with Crippen molar-refractivity contribution in [3.63, 3.8) is 0 Å². The van der Waals surface area contributed by atoms with Gasteiger partial charge < -0.3 is 14.6 Å². The third kappa shape index (κ3) is 5.24. The van der Waals surface area contributed by atoms with Gasteiger partial charge in [0.25, 0.3) is 0 Å². The lowest BCUT2D eigenvalue weighted by Gasteiger charge is -2.25. The number of aliphatic carboxylic acids is 1. The number of carboxylic acid groups (broad SMARTS) is 1. The van der Waals surface area contributed by atoms with E-state index in [-0.39, 0.29) is 19.5 Å². The molecular formula is C20H25NO6S. The minimum absolute atomic E-state index is 0.0145. The average Bonchev–Trinajstić information content (AvgIpc) is 2.68. The van der Waals surface area contributed by atoms with Gasteiger partial charge in [-0.2, -0.15) is 4.31 Å². The van der Waals surface area contributed by atoms with Crippen LogP contribution in [0.2, 0.25) is 0 Å². The van der Waals surface area contributed by atoms with E-state index in [4.69, 9.17) is 9.47 Å². The van der Waals surface area contributed by atoms with Gasteiger partial charge in [-0.25, -0.2) is 8.42 Å². The molecule has 0 bridgehead atoms. The van der Waals surface area contributed by atoms with Crippen molar-refractivity contribution < 1.29 is 27.8 Å². The molecule has 2 aromatic rings. The number of ether oxygens (including phenoxy) is 2. The van der Waals surface area contributed by atoms with E-state index in [1.165, 1.54) is 4.31 Å². The maximum absolute atomic E-state index is 13.1. The summed E-state index contributed by atoms with van der Waals surface area (Å²) in [5, 5.41) is 7.89. The lowest BCUT2D eigenvalue weighted by molar-refractivity contribution is -0.136. The van der Waals surface area contributed by atoms with E-state index in [2.05, 4.69) is 0 Å². The molecule has 0 spiro atoms. The van der Waals surface area contributed by atoms with Gasteiger partial charge in [-0.1, -0.05) is 31.2 Å². The number of nitrogens with zero attached hydrogens (tertiary/aromatic N) is 1. The Kier molecular flexibility index (Phi) is 7.42. The first-order valence-electron chi connectivity index (χ1n) is 8.79. The van der Waals surface area contributed by atoms with Crippen molar-refractivity contribution in [2.75, 3.05) is 14.2 Å². The Balaban J connectivity index is 2.36. The van der Waals surface area contributed by atoms with Gasteiger partial charge in [-0.05, 0) is 41.8 Å². The molecule has 2 rings (SSSR count). The number of carboxylic acids is 1. The highest BCUT2D eigenvalue weighted by Crippen LogP contribution is 2.22. The fourth-order valence-corrected chi connectivity index (χ4v) is 4.49. The number of carbonyl (C=O) groups is 1. The molecule has 2 aromatic carbocycles. The Hall–Kier alpha value is -2.58. The molecule has 0 radical (unpaired) electrons. The smallest absolute Gasteiger partial charge is 0.323 e. The van der Waals surface area contributed by atoms with E-state index in [9.17, 15) is 18.3 Å². The lowest BCUT2D eigenvalue weighted by atomic mass is 10.2. The summed E-state index contributed by atoms with van der Waals surface area (Å²) in [6.45, 7) is 1.67. The van der Waals surface area contributed by atoms with Gasteiger partial charge in [-0.15, -0.1) is 0 Å². The minimum Gasteiger partial charge on any atom is -0.497 e. The highest BCUT2D eigenvalue weighted by atomic mass is 32.2. The van der Waals surface area contributed by atoms with E-state index in [0.29, 0.717) is 11.5 Å². The van der Waals surface area contributed by atoms with Crippen molar-refractivity contribution in [2.24, 2.45) is 0 Å². The molecule has 8 heteroatoms. The SMILES string of the molecule is CCC(C(=O)O)S(=O)(=O)N(Cc1ccc(OC)cc1)Cc1ccc(OC)cc1. The van der Waals surface area contributed by atoms with E-state index >= 15 is 0 Å². The molecule has 7 nitrogen and oxygen atoms in total. The van der Waals surface area contributed by atoms with Crippen molar-refractivity contribution in [2.45, 2.75) is 31.7 Å². The molecule has 0 saturated heterocycles. The van der Waals surface area contributed by atoms with E-state index in [1.54, 1.807) is 69.7 Å². The zero-order chi connectivity index (χ0) is 20.7. The molecule has 1 unspecified atom stereocenters. The first kappa shape index (κ1) is 21.7. The maximum Gasteiger partial charge on any atom is 0.323 e. The molecule has 0 heterocycles. The number of benzene rings is 2. The molecule has 0 aliphatic heterocycles. The molecule has 0 aliphatic carbocycles. The van der Waals surface area contributed by atoms with Crippen molar-refractivity contribution in [3.05, 3.63) is 59.7 Å². The van der Waals surface area contributed by atoms with Crippen LogP contribution in [0.15, 0.2) is 48.5 Å². The molecule has 1 N–H and O–H groups in total. The van der Waals surface area contributed by atoms with Crippen LogP contribution in [-0.2, 0) is 27.9 Å². The van der Waals surface area contributed by atoms with Crippen LogP contribution in [-0.4, -0.2) is 43.3 Å². The number of rotatable bonds is 10. The summed E-state index contributed by atoms with van der Waals surface area (Å²) in [7, 11) is -0.969. The second-order valence-electron chi connectivity index (χ2n) is 6.24. The van der Waals surface area contributed by atoms with Crippen molar-refractivity contribution in [3.8, 4) is 11.5 Å². The van der Waals surface area contributed by atoms with Crippen LogP contribution < -0.4 is 9.47 Å². The zero-order valence-electron chi connectivity index (χ0n) is 16.2. The molecule has 1 atom stereocenters. The van der Waals surface area contributed by atoms with Gasteiger partial charge in [0, 0.05) is 13.1 Å². The van der Waals surface area contributed by atoms with Crippen LogP contribution in [0.4, 0.5) is 0 Å². The van der Waals surface area contributed by atoms with Gasteiger partial charge in [0.05, 0.1) is 14.2 Å². The number of sulfonamides is 1. The molecule has 0 saturated carbocycles. The first-order valence-corrected chi connectivity index (χ1v) is 10.3. The van der Waals surface area contributed by atoms with Gasteiger partial charge in [0.1, 0.15) is 11.5 Å². The van der Waals surface area contributed by atoms with Gasteiger partial charge in [0.15, 0.2) is 5.25 Å². The standard InChI is InChI=1S/C20H25NO6S/c1-4-19(20(22)23)28(24,25)21(13-15-5-9-17(26-2)10-6-15)14-16-7-11-18(27-3)12-8-16/h5-12,19H,4,13-14H2,1-3H3,(H,22,23). The Morgan fingerprint density at radius 1 is 0.929 bits per heavy atom. The largest absolute Gasteiger partial charge is 0.497 e. The highest BCUT2D eigenvalue weighted by Gasteiger charge is 2.36. The van der Waals surface area contributed by atoms with Crippen molar-refractivity contribution >= 4 is 16.0 Å². The minimum atomic E-state index is -4.07. The highest BCUT2D eigenvalue weighted by molar-refractivity contribution is 7.90. The van der Waals surface area contributed by atoms with Crippen LogP contribution in [0.3, 0.4) is 0 Å². The normalized spacial score (nSPS) is 12.6. The summed E-state index contributed by atoms with van der Waals surface area (Å²) in [5.74, 6) is -0.0347. The van der Waals surface area contributed by atoms with E-state index < -0.39 is 21.2 Å². The molecular weight excluding hydrogens is 382 g/mol.